The molecule has 2 N–H and O–H groups in total. The zero-order valence-electron chi connectivity index (χ0n) is 22.2. The molecular weight excluding hydrogens is 623 g/mol. The van der Waals surface area contributed by atoms with E-state index in [-0.39, 0.29) is 5.56 Å². The van der Waals surface area contributed by atoms with Crippen molar-refractivity contribution in [2.45, 2.75) is 75.1 Å². The van der Waals surface area contributed by atoms with Crippen LogP contribution in [0.3, 0.4) is 0 Å². The van der Waals surface area contributed by atoms with E-state index in [1.807, 2.05) is 0 Å². The molecule has 0 saturated carbocycles. The Kier molecular flexibility index (Phi) is 10.8. The van der Waals surface area contributed by atoms with Gasteiger partial charge >= 0.3 is 45.5 Å². The first-order valence-electron chi connectivity index (χ1n) is 11.3. The Hall–Kier alpha value is -3.45. The maximum atomic E-state index is 13.8. The Balaban J connectivity index is 3.08. The lowest BCUT2D eigenvalue weighted by Gasteiger charge is -2.32. The van der Waals surface area contributed by atoms with E-state index in [4.69, 9.17) is 4.74 Å². The van der Waals surface area contributed by atoms with Crippen molar-refractivity contribution in [3.05, 3.63) is 29.8 Å². The second-order valence-electron chi connectivity index (χ2n) is 9.50. The van der Waals surface area contributed by atoms with Crippen LogP contribution in [0.25, 0.3) is 0 Å². The average molecular weight is 648 g/mol. The van der Waals surface area contributed by atoms with Crippen LogP contribution < -0.4 is 14.8 Å². The molecule has 42 heavy (non-hydrogen) atoms. The molecule has 0 unspecified atom stereocenters. The SMILES string of the molecule is COC(=O)[C@@H](Cc1ccc(OS(=O)(=O)C(F)(F)C(F)(F)C(F)(F)C(F)(F)F)cc1)NC(=O)[C@H](C)NC(=O)OC(C)(C)C. The predicted molar refractivity (Wildman–Crippen MR) is 123 cm³/mol. The fraction of sp³-hybridized carbons (Fsp3) is 0.591. The summed E-state index contributed by atoms with van der Waals surface area (Å²) in [5, 5.41) is -2.60. The molecule has 2 atom stereocenters. The minimum atomic E-state index is -7.47. The number of rotatable bonds is 11. The molecule has 0 aliphatic carbocycles. The van der Waals surface area contributed by atoms with Crippen molar-refractivity contribution in [1.29, 1.82) is 0 Å². The number of esters is 1. The van der Waals surface area contributed by atoms with Crippen LogP contribution in [-0.4, -0.2) is 74.5 Å². The van der Waals surface area contributed by atoms with Crippen LogP contribution in [0.15, 0.2) is 24.3 Å². The first kappa shape index (κ1) is 36.6. The quantitative estimate of drug-likeness (QED) is 0.209. The number of halogens is 9. The van der Waals surface area contributed by atoms with Gasteiger partial charge in [-0.3, -0.25) is 4.79 Å². The van der Waals surface area contributed by atoms with E-state index < -0.39 is 81.2 Å². The summed E-state index contributed by atoms with van der Waals surface area (Å²) in [6.07, 6.45) is -8.64. The Labute approximate surface area is 233 Å². The van der Waals surface area contributed by atoms with Gasteiger partial charge in [0.2, 0.25) is 5.91 Å². The van der Waals surface area contributed by atoms with Gasteiger partial charge in [-0.2, -0.15) is 47.9 Å². The lowest BCUT2D eigenvalue weighted by atomic mass is 10.1. The highest BCUT2D eigenvalue weighted by molar-refractivity contribution is 7.88. The molecule has 240 valence electrons. The minimum Gasteiger partial charge on any atom is -0.467 e. The highest BCUT2D eigenvalue weighted by Crippen LogP contribution is 2.54. The van der Waals surface area contributed by atoms with Crippen molar-refractivity contribution < 1.29 is 76.0 Å². The van der Waals surface area contributed by atoms with Gasteiger partial charge in [-0.1, -0.05) is 12.1 Å². The number of alkyl halides is 9. The Bertz CT molecular complexity index is 1250. The summed E-state index contributed by atoms with van der Waals surface area (Å²) in [6.45, 7) is 5.92. The first-order valence-corrected chi connectivity index (χ1v) is 12.7. The molecule has 0 aliphatic rings. The fourth-order valence-corrected chi connectivity index (χ4v) is 3.71. The number of carbonyl (C=O) groups excluding carboxylic acids is 3. The summed E-state index contributed by atoms with van der Waals surface area (Å²) < 4.78 is 154. The van der Waals surface area contributed by atoms with Crippen LogP contribution in [0.2, 0.25) is 0 Å². The summed E-state index contributed by atoms with van der Waals surface area (Å²) in [7, 11) is -6.21. The van der Waals surface area contributed by atoms with Gasteiger partial charge in [-0.05, 0) is 45.4 Å². The number of alkyl carbamates (subject to hydrolysis) is 1. The van der Waals surface area contributed by atoms with Crippen LogP contribution in [0, 0.1) is 0 Å². The normalized spacial score (nSPS) is 14.8. The fourth-order valence-electron chi connectivity index (χ4n) is 2.80. The van der Waals surface area contributed by atoms with Crippen molar-refractivity contribution in [2.24, 2.45) is 0 Å². The molecule has 1 aromatic carbocycles. The first-order chi connectivity index (χ1) is 18.7. The highest BCUT2D eigenvalue weighted by atomic mass is 32.2. The Morgan fingerprint density at radius 2 is 1.36 bits per heavy atom. The standard InChI is InChI=1S/C22H25F9N2O8S/c1-11(32-17(36)40-18(2,3)4)15(34)33-14(16(35)39-5)10-12-6-8-13(9-7-12)41-42(37,38)22(30,31)20(25,26)19(23,24)21(27,28)29/h6-9,11,14H,10H2,1-5H3,(H,32,36)(H,33,34)/t11-,14+/m0/s1. The van der Waals surface area contributed by atoms with Gasteiger partial charge in [0.05, 0.1) is 7.11 Å². The smallest absolute Gasteiger partial charge is 0.460 e. The molecule has 0 radical (unpaired) electrons. The second kappa shape index (κ2) is 12.4. The van der Waals surface area contributed by atoms with Gasteiger partial charge < -0.3 is 24.3 Å². The number of methoxy groups -OCH3 is 1. The molecule has 0 bridgehead atoms. The number of amides is 2. The van der Waals surface area contributed by atoms with E-state index in [1.165, 1.54) is 6.92 Å². The molecule has 20 heteroatoms. The Morgan fingerprint density at radius 3 is 1.79 bits per heavy atom. The molecule has 0 aromatic heterocycles. The van der Waals surface area contributed by atoms with Crippen LogP contribution in [0.4, 0.5) is 44.3 Å². The summed E-state index contributed by atoms with van der Waals surface area (Å²) in [5.41, 5.74) is -0.876. The van der Waals surface area contributed by atoms with Gasteiger partial charge in [-0.15, -0.1) is 0 Å². The molecule has 0 aliphatic heterocycles. The Morgan fingerprint density at radius 1 is 0.857 bits per heavy atom. The summed E-state index contributed by atoms with van der Waals surface area (Å²) in [4.78, 5) is 36.4. The van der Waals surface area contributed by atoms with Crippen LogP contribution in [-0.2, 0) is 35.6 Å². The second-order valence-corrected chi connectivity index (χ2v) is 11.1. The van der Waals surface area contributed by atoms with Gasteiger partial charge in [0.25, 0.3) is 0 Å². The van der Waals surface area contributed by atoms with Crippen molar-refractivity contribution in [1.82, 2.24) is 10.6 Å². The highest BCUT2D eigenvalue weighted by Gasteiger charge is 2.86. The van der Waals surface area contributed by atoms with E-state index in [9.17, 15) is 62.3 Å². The molecule has 0 spiro atoms. The molecule has 0 saturated heterocycles. The number of nitrogens with one attached hydrogen (secondary N) is 2. The number of benzene rings is 1. The van der Waals surface area contributed by atoms with Gasteiger partial charge in [-0.25, -0.2) is 9.59 Å². The lowest BCUT2D eigenvalue weighted by Crippen LogP contribution is -2.63. The largest absolute Gasteiger partial charge is 0.467 e. The minimum absolute atomic E-state index is 0.0175. The third-order valence-corrected chi connectivity index (χ3v) is 6.22. The van der Waals surface area contributed by atoms with Gasteiger partial charge in [0, 0.05) is 6.42 Å². The summed E-state index contributed by atoms with van der Waals surface area (Å²) >= 11 is 0. The van der Waals surface area contributed by atoms with E-state index >= 15 is 0 Å². The van der Waals surface area contributed by atoms with Crippen LogP contribution in [0.1, 0.15) is 33.3 Å². The third-order valence-electron chi connectivity index (χ3n) is 4.93. The topological polar surface area (TPSA) is 137 Å². The van der Waals surface area contributed by atoms with Crippen molar-refractivity contribution in [3.8, 4) is 5.75 Å². The molecule has 1 aromatic rings. The van der Waals surface area contributed by atoms with Gasteiger partial charge in [0.15, 0.2) is 0 Å². The molecule has 2 amide bonds. The number of ether oxygens (including phenoxy) is 2. The zero-order valence-corrected chi connectivity index (χ0v) is 23.1. The molecule has 10 nitrogen and oxygen atoms in total. The molecule has 0 heterocycles. The zero-order chi connectivity index (χ0) is 33.1. The van der Waals surface area contributed by atoms with E-state index in [1.54, 1.807) is 20.8 Å². The third kappa shape index (κ3) is 8.31. The van der Waals surface area contributed by atoms with E-state index in [2.05, 4.69) is 19.6 Å². The number of hydrogen-bond donors (Lipinski definition) is 2. The monoisotopic (exact) mass is 648 g/mol. The van der Waals surface area contributed by atoms with Crippen LogP contribution in [0.5, 0.6) is 5.75 Å². The predicted octanol–water partition coefficient (Wildman–Crippen LogP) is 3.93. The maximum absolute atomic E-state index is 13.8. The van der Waals surface area contributed by atoms with E-state index in [0.717, 1.165) is 19.2 Å². The van der Waals surface area contributed by atoms with Crippen molar-refractivity contribution in [3.63, 3.8) is 0 Å². The summed E-state index contributed by atoms with van der Waals surface area (Å²) in [6, 6.07) is 0.0508. The van der Waals surface area contributed by atoms with Crippen LogP contribution >= 0.6 is 0 Å². The lowest BCUT2D eigenvalue weighted by molar-refractivity contribution is -0.382. The summed E-state index contributed by atoms with van der Waals surface area (Å²) in [5.74, 6) is -18.1. The van der Waals surface area contributed by atoms with E-state index in [0.29, 0.717) is 12.1 Å². The number of hydrogen-bond acceptors (Lipinski definition) is 8. The van der Waals surface area contributed by atoms with Crippen molar-refractivity contribution >= 4 is 28.1 Å². The number of carbonyl (C=O) groups is 3. The molecule has 0 fully saturated rings. The molecule has 1 rings (SSSR count). The molecular formula is C22H25F9N2O8S. The van der Waals surface area contributed by atoms with Crippen molar-refractivity contribution in [2.75, 3.05) is 7.11 Å². The maximum Gasteiger partial charge on any atom is 0.460 e. The average Bonchev–Trinajstić information content (AvgIpc) is 2.81. The van der Waals surface area contributed by atoms with Gasteiger partial charge in [0.1, 0.15) is 23.4 Å².